The number of rotatable bonds is 13. The van der Waals surface area contributed by atoms with Gasteiger partial charge in [0.1, 0.15) is 18.0 Å². The average Bonchev–Trinajstić information content (AvgIpc) is 4.00. The maximum atomic E-state index is 14.2. The molecule has 2 saturated heterocycles. The number of nitrogens with one attached hydrogen (secondary N) is 3. The fourth-order valence-electron chi connectivity index (χ4n) is 11.7. The van der Waals surface area contributed by atoms with Crippen molar-refractivity contribution in [1.29, 1.82) is 0 Å². The van der Waals surface area contributed by atoms with E-state index in [1.807, 2.05) is 4.72 Å². The minimum atomic E-state index is -4.80. The maximum absolute atomic E-state index is 14.2. The van der Waals surface area contributed by atoms with Gasteiger partial charge in [0.2, 0.25) is 0 Å². The molecule has 2 saturated carbocycles. The number of nitro groups is 1. The first-order chi connectivity index (χ1) is 33.4. The molecule has 2 atom stereocenters. The second-order valence-electron chi connectivity index (χ2n) is 20.5. The quantitative estimate of drug-likeness (QED) is 0.0642. The summed E-state index contributed by atoms with van der Waals surface area (Å²) in [5.41, 5.74) is 2.41. The molecule has 0 radical (unpaired) electrons. The van der Waals surface area contributed by atoms with Gasteiger partial charge in [0.15, 0.2) is 17.2 Å². The van der Waals surface area contributed by atoms with Crippen LogP contribution >= 0.6 is 0 Å². The van der Waals surface area contributed by atoms with E-state index in [0.29, 0.717) is 67.8 Å². The molecule has 0 unspecified atom stereocenters. The Kier molecular flexibility index (Phi) is 12.7. The standard InChI is InChI=1S/C51H59F2N7O9S/c1-30(2)36-7-4-5-8-37(36)40-9-6-20-59(40)34-27-51(28-34)17-21-58(22-18-51)33-10-11-38(42(24-33)68-44-23-32-14-19-54-46(32)56-48(44)69-49(52)53)47(61)57-70(65,66)35-25-41(60(63)64)45-43(26-35)67-29-39(55-45)31-12-15-50(3,62)16-13-31/h4-5,7-8,10-11,14,19,23-26,30-31,34,39-40,49,55,62H,6,9,12-13,15-18,20-22,27-29H2,1-3H3,(H,54,56)(H,57,61)/t31?,39-,40+,50?/m1/s1. The summed E-state index contributed by atoms with van der Waals surface area (Å²) in [6.45, 7) is 5.64. The molecule has 10 rings (SSSR count). The number of pyridine rings is 1. The molecule has 5 aromatic rings. The summed E-state index contributed by atoms with van der Waals surface area (Å²) in [5.74, 6) is -1.67. The van der Waals surface area contributed by atoms with E-state index in [0.717, 1.165) is 50.8 Å². The van der Waals surface area contributed by atoms with Gasteiger partial charge < -0.3 is 34.5 Å². The second-order valence-corrected chi connectivity index (χ2v) is 22.2. The highest BCUT2D eigenvalue weighted by molar-refractivity contribution is 7.90. The van der Waals surface area contributed by atoms with E-state index in [9.17, 15) is 37.2 Å². The van der Waals surface area contributed by atoms with Gasteiger partial charge in [-0.05, 0) is 130 Å². The SMILES string of the molecule is CC(C)c1ccccc1[C@@H]1CCCN1C1CC2(CCN(c3ccc(C(=O)NS(=O)(=O)c4cc5c(c([N+](=O)[O-])c4)N[C@@H](C4CCC(C)(O)CC4)CO5)c(Oc4cc5cc[nH]c5nc4OC(F)F)c3)CC2)C1. The Labute approximate surface area is 405 Å². The number of carbonyl (C=O) groups is 1. The third kappa shape index (κ3) is 9.46. The van der Waals surface area contributed by atoms with E-state index >= 15 is 0 Å². The molecule has 16 nitrogen and oxygen atoms in total. The molecular weight excluding hydrogens is 925 g/mol. The number of sulfonamides is 1. The zero-order valence-electron chi connectivity index (χ0n) is 39.5. The Hall–Kier alpha value is -6.05. The van der Waals surface area contributed by atoms with Crippen LogP contribution in [-0.4, -0.2) is 89.8 Å². The maximum Gasteiger partial charge on any atom is 0.388 e. The van der Waals surface area contributed by atoms with Crippen molar-refractivity contribution in [2.75, 3.05) is 36.5 Å². The summed E-state index contributed by atoms with van der Waals surface area (Å²) >= 11 is 0. The first kappa shape index (κ1) is 47.6. The van der Waals surface area contributed by atoms with Gasteiger partial charge in [0.25, 0.3) is 27.5 Å². The molecule has 19 heteroatoms. The van der Waals surface area contributed by atoms with E-state index in [1.165, 1.54) is 29.7 Å². The van der Waals surface area contributed by atoms with Gasteiger partial charge in [0.05, 0.1) is 27.0 Å². The van der Waals surface area contributed by atoms with Gasteiger partial charge >= 0.3 is 6.61 Å². The molecule has 5 aliphatic rings. The summed E-state index contributed by atoms with van der Waals surface area (Å²) in [5, 5.41) is 26.6. The molecule has 372 valence electrons. The Balaban J connectivity index is 0.888. The van der Waals surface area contributed by atoms with Crippen molar-refractivity contribution in [1.82, 2.24) is 19.6 Å². The van der Waals surface area contributed by atoms with Crippen LogP contribution in [0.1, 0.15) is 118 Å². The first-order valence-corrected chi connectivity index (χ1v) is 25.8. The number of aliphatic hydroxyl groups is 1. The summed E-state index contributed by atoms with van der Waals surface area (Å²) in [7, 11) is -4.80. The van der Waals surface area contributed by atoms with Crippen LogP contribution in [0.5, 0.6) is 23.1 Å². The summed E-state index contributed by atoms with van der Waals surface area (Å²) in [4.78, 5) is 37.3. The Morgan fingerprint density at radius 3 is 2.49 bits per heavy atom. The predicted octanol–water partition coefficient (Wildman–Crippen LogP) is 9.81. The number of halogens is 2. The van der Waals surface area contributed by atoms with Crippen LogP contribution in [0.3, 0.4) is 0 Å². The number of anilines is 2. The number of amides is 1. The van der Waals surface area contributed by atoms with E-state index in [1.54, 1.807) is 31.3 Å². The fraction of sp³-hybridized carbons (Fsp3) is 0.490. The molecule has 1 amide bonds. The van der Waals surface area contributed by atoms with Gasteiger partial charge in [-0.15, -0.1) is 0 Å². The number of ether oxygens (including phenoxy) is 3. The molecule has 4 N–H and O–H groups in total. The van der Waals surface area contributed by atoms with E-state index < -0.39 is 49.5 Å². The number of H-pyrrole nitrogens is 1. The number of piperidine rings is 1. The number of fused-ring (bicyclic) bond motifs is 2. The molecule has 3 aromatic carbocycles. The Morgan fingerprint density at radius 1 is 1.00 bits per heavy atom. The van der Waals surface area contributed by atoms with Crippen LogP contribution in [0.25, 0.3) is 11.0 Å². The Morgan fingerprint density at radius 2 is 1.76 bits per heavy atom. The molecule has 2 aromatic heterocycles. The highest BCUT2D eigenvalue weighted by Gasteiger charge is 2.50. The summed E-state index contributed by atoms with van der Waals surface area (Å²) < 4.78 is 74.6. The molecule has 1 spiro atoms. The van der Waals surface area contributed by atoms with Gasteiger partial charge in [-0.3, -0.25) is 19.8 Å². The van der Waals surface area contributed by atoms with Crippen molar-refractivity contribution in [3.8, 4) is 23.1 Å². The zero-order chi connectivity index (χ0) is 49.1. The molecule has 70 heavy (non-hydrogen) atoms. The predicted molar refractivity (Wildman–Crippen MR) is 259 cm³/mol. The van der Waals surface area contributed by atoms with Crippen molar-refractivity contribution >= 4 is 44.0 Å². The largest absolute Gasteiger partial charge is 0.489 e. The molecular formula is C51H59F2N7O9S. The molecule has 4 fully saturated rings. The average molecular weight is 984 g/mol. The molecule has 2 aliphatic carbocycles. The van der Waals surface area contributed by atoms with Crippen molar-refractivity contribution < 1.29 is 46.2 Å². The third-order valence-corrected chi connectivity index (χ3v) is 16.9. The number of nitrogens with zero attached hydrogens (tertiary/aromatic N) is 4. The smallest absolute Gasteiger partial charge is 0.388 e. The van der Waals surface area contributed by atoms with Crippen LogP contribution < -0.4 is 29.1 Å². The Bertz CT molecular complexity index is 2900. The highest BCUT2D eigenvalue weighted by Crippen LogP contribution is 2.54. The fourth-order valence-corrected chi connectivity index (χ4v) is 12.7. The lowest BCUT2D eigenvalue weighted by Gasteiger charge is -2.56. The topological polar surface area (TPSA) is 201 Å². The molecule has 3 aliphatic heterocycles. The van der Waals surface area contributed by atoms with Gasteiger partial charge in [-0.1, -0.05) is 38.1 Å². The van der Waals surface area contributed by atoms with Crippen molar-refractivity contribution in [3.05, 3.63) is 99.7 Å². The molecule has 5 heterocycles. The zero-order valence-corrected chi connectivity index (χ0v) is 40.3. The van der Waals surface area contributed by atoms with Gasteiger partial charge in [-0.2, -0.15) is 13.8 Å². The van der Waals surface area contributed by atoms with Crippen LogP contribution in [0, 0.1) is 21.4 Å². The van der Waals surface area contributed by atoms with Crippen LogP contribution in [0.4, 0.5) is 25.8 Å². The van der Waals surface area contributed by atoms with Crippen LogP contribution in [-0.2, 0) is 10.0 Å². The minimum Gasteiger partial charge on any atom is -0.489 e. The normalized spacial score (nSPS) is 23.7. The van der Waals surface area contributed by atoms with E-state index in [4.69, 9.17) is 14.2 Å². The van der Waals surface area contributed by atoms with Gasteiger partial charge in [-0.25, -0.2) is 13.1 Å². The number of hydrogen-bond acceptors (Lipinski definition) is 13. The number of nitro benzene ring substituents is 1. The third-order valence-electron chi connectivity index (χ3n) is 15.6. The summed E-state index contributed by atoms with van der Waals surface area (Å²) in [6, 6.07) is 19.2. The van der Waals surface area contributed by atoms with E-state index in [-0.39, 0.29) is 58.1 Å². The second kappa shape index (κ2) is 18.6. The monoisotopic (exact) mass is 983 g/mol. The molecule has 0 bridgehead atoms. The lowest BCUT2D eigenvalue weighted by molar-refractivity contribution is -0.384. The van der Waals surface area contributed by atoms with Crippen LogP contribution in [0.15, 0.2) is 77.8 Å². The highest BCUT2D eigenvalue weighted by atomic mass is 32.2. The van der Waals surface area contributed by atoms with Crippen molar-refractivity contribution in [3.63, 3.8) is 0 Å². The number of carbonyl (C=O) groups excluding carboxylic acids is 1. The van der Waals surface area contributed by atoms with Crippen molar-refractivity contribution in [2.45, 2.75) is 126 Å². The van der Waals surface area contributed by atoms with E-state index in [2.05, 4.69) is 63.2 Å². The number of benzene rings is 3. The number of alkyl halides is 2. The van der Waals surface area contributed by atoms with Crippen LogP contribution in [0.2, 0.25) is 0 Å². The van der Waals surface area contributed by atoms with Crippen molar-refractivity contribution in [2.24, 2.45) is 11.3 Å². The minimum absolute atomic E-state index is 0.0224. The number of aromatic amines is 1. The number of hydrogen-bond donors (Lipinski definition) is 4. The lowest BCUT2D eigenvalue weighted by atomic mass is 9.59. The van der Waals surface area contributed by atoms with Gasteiger partial charge in [0, 0.05) is 60.6 Å². The summed E-state index contributed by atoms with van der Waals surface area (Å²) in [6.07, 6.45) is 10.5. The lowest BCUT2D eigenvalue weighted by Crippen LogP contribution is -2.54. The first-order valence-electron chi connectivity index (χ1n) is 24.3. The number of aromatic nitrogens is 2. The number of likely N-dealkylation sites (tertiary alicyclic amines) is 1.